The molecule has 0 saturated heterocycles. The molecular formula is C15H11BrFN3OS2. The summed E-state index contributed by atoms with van der Waals surface area (Å²) in [5.41, 5.74) is 0.420. The molecule has 23 heavy (non-hydrogen) atoms. The van der Waals surface area contributed by atoms with E-state index in [1.54, 1.807) is 18.3 Å². The molecule has 0 bridgehead atoms. The summed E-state index contributed by atoms with van der Waals surface area (Å²) in [6, 6.07) is 6.11. The zero-order chi connectivity index (χ0) is 16.4. The number of thiophene rings is 1. The summed E-state index contributed by atoms with van der Waals surface area (Å²) in [5, 5.41) is 5.34. The largest absolute Gasteiger partial charge is 0.329 e. The average molecular weight is 412 g/mol. The molecule has 0 radical (unpaired) electrons. The zero-order valence-electron chi connectivity index (χ0n) is 11.9. The van der Waals surface area contributed by atoms with Crippen LogP contribution in [0.4, 0.5) is 10.1 Å². The lowest BCUT2D eigenvalue weighted by Gasteiger charge is -2.10. The number of anilines is 1. The molecule has 3 aromatic rings. The van der Waals surface area contributed by atoms with Crippen LogP contribution in [0.25, 0.3) is 0 Å². The van der Waals surface area contributed by atoms with Crippen molar-refractivity contribution >= 4 is 50.6 Å². The molecule has 2 aromatic heterocycles. The van der Waals surface area contributed by atoms with E-state index in [1.807, 2.05) is 23.2 Å². The first-order chi connectivity index (χ1) is 11.0. The van der Waals surface area contributed by atoms with Gasteiger partial charge in [0.2, 0.25) is 0 Å². The Morgan fingerprint density at radius 2 is 2.26 bits per heavy atom. The molecule has 1 amide bonds. The van der Waals surface area contributed by atoms with Crippen molar-refractivity contribution in [3.8, 4) is 0 Å². The highest BCUT2D eigenvalue weighted by Crippen LogP contribution is 2.33. The molecule has 0 aliphatic heterocycles. The molecule has 118 valence electrons. The van der Waals surface area contributed by atoms with E-state index in [9.17, 15) is 9.18 Å². The summed E-state index contributed by atoms with van der Waals surface area (Å²) >= 11 is 6.01. The van der Waals surface area contributed by atoms with Crippen LogP contribution in [0.3, 0.4) is 0 Å². The third-order valence-electron chi connectivity index (χ3n) is 2.99. The van der Waals surface area contributed by atoms with E-state index in [1.165, 1.54) is 35.2 Å². The lowest BCUT2D eigenvalue weighted by Crippen LogP contribution is -2.11. The second-order valence-corrected chi connectivity index (χ2v) is 7.39. The third kappa shape index (κ3) is 3.65. The molecule has 1 N–H and O–H groups in total. The molecule has 3 rings (SSSR count). The Kier molecular flexibility index (Phi) is 4.84. The Morgan fingerprint density at radius 3 is 2.91 bits per heavy atom. The average Bonchev–Trinajstić information content (AvgIpc) is 3.11. The van der Waals surface area contributed by atoms with Crippen LogP contribution < -0.4 is 5.32 Å². The summed E-state index contributed by atoms with van der Waals surface area (Å²) in [6.07, 6.45) is 3.51. The van der Waals surface area contributed by atoms with Crippen molar-refractivity contribution in [2.75, 3.05) is 5.32 Å². The van der Waals surface area contributed by atoms with E-state index in [2.05, 4.69) is 26.2 Å². The van der Waals surface area contributed by atoms with Gasteiger partial charge in [-0.2, -0.15) is 0 Å². The first kappa shape index (κ1) is 16.2. The monoisotopic (exact) mass is 411 g/mol. The van der Waals surface area contributed by atoms with Crippen LogP contribution in [0.2, 0.25) is 0 Å². The molecular weight excluding hydrogens is 401 g/mol. The van der Waals surface area contributed by atoms with Gasteiger partial charge in [-0.05, 0) is 57.3 Å². The second kappa shape index (κ2) is 6.86. The Hall–Kier alpha value is -1.64. The lowest BCUT2D eigenvalue weighted by atomic mass is 10.3. The van der Waals surface area contributed by atoms with Crippen LogP contribution in [0, 0.1) is 5.82 Å². The van der Waals surface area contributed by atoms with Crippen LogP contribution in [-0.2, 0) is 7.05 Å². The smallest absolute Gasteiger partial charge is 0.266 e. The normalized spacial score (nSPS) is 10.7. The maximum absolute atomic E-state index is 13.6. The van der Waals surface area contributed by atoms with E-state index in [4.69, 9.17) is 0 Å². The van der Waals surface area contributed by atoms with Gasteiger partial charge in [0.1, 0.15) is 10.7 Å². The molecule has 0 aliphatic rings. The molecule has 0 atom stereocenters. The van der Waals surface area contributed by atoms with Gasteiger partial charge in [0.05, 0.1) is 5.69 Å². The minimum absolute atomic E-state index is 0.279. The van der Waals surface area contributed by atoms with Crippen molar-refractivity contribution < 1.29 is 9.18 Å². The number of benzene rings is 1. The Labute approximate surface area is 148 Å². The fourth-order valence-electron chi connectivity index (χ4n) is 1.87. The van der Waals surface area contributed by atoms with Gasteiger partial charge in [0.15, 0.2) is 5.16 Å². The van der Waals surface area contributed by atoms with Crippen LogP contribution in [0.1, 0.15) is 9.67 Å². The highest BCUT2D eigenvalue weighted by molar-refractivity contribution is 9.10. The standard InChI is InChI=1S/C15H11BrFN3OS2/c1-20-6-5-18-15(20)23-12-3-2-9(17)8-11(12)19-14(21)13-10(16)4-7-22-13/h2-8H,1H3,(H,19,21). The van der Waals surface area contributed by atoms with Crippen LogP contribution in [0.5, 0.6) is 0 Å². The maximum Gasteiger partial charge on any atom is 0.266 e. The van der Waals surface area contributed by atoms with E-state index in [0.717, 1.165) is 14.5 Å². The van der Waals surface area contributed by atoms with Gasteiger partial charge >= 0.3 is 0 Å². The van der Waals surface area contributed by atoms with Crippen molar-refractivity contribution in [2.24, 2.45) is 7.05 Å². The van der Waals surface area contributed by atoms with Gasteiger partial charge in [-0.3, -0.25) is 4.79 Å². The first-order valence-corrected chi connectivity index (χ1v) is 9.02. The van der Waals surface area contributed by atoms with E-state index < -0.39 is 5.82 Å². The molecule has 0 saturated carbocycles. The fraction of sp³-hybridized carbons (Fsp3) is 0.0667. The maximum atomic E-state index is 13.6. The number of hydrogen-bond acceptors (Lipinski definition) is 4. The van der Waals surface area contributed by atoms with Crippen LogP contribution in [-0.4, -0.2) is 15.5 Å². The molecule has 2 heterocycles. The highest BCUT2D eigenvalue weighted by Gasteiger charge is 2.15. The summed E-state index contributed by atoms with van der Waals surface area (Å²) in [4.78, 5) is 17.8. The summed E-state index contributed by atoms with van der Waals surface area (Å²) in [7, 11) is 1.87. The van der Waals surface area contributed by atoms with Gasteiger partial charge < -0.3 is 9.88 Å². The van der Waals surface area contributed by atoms with E-state index >= 15 is 0 Å². The second-order valence-electron chi connectivity index (χ2n) is 4.62. The van der Waals surface area contributed by atoms with Crippen molar-refractivity contribution in [1.29, 1.82) is 0 Å². The summed E-state index contributed by atoms with van der Waals surface area (Å²) in [5.74, 6) is -0.686. The van der Waals surface area contributed by atoms with Crippen molar-refractivity contribution in [1.82, 2.24) is 9.55 Å². The number of carbonyl (C=O) groups is 1. The van der Waals surface area contributed by atoms with Crippen molar-refractivity contribution in [2.45, 2.75) is 10.1 Å². The molecule has 0 fully saturated rings. The number of rotatable bonds is 4. The Balaban J connectivity index is 1.89. The fourth-order valence-corrected chi connectivity index (χ4v) is 4.19. The predicted octanol–water partition coefficient (Wildman–Crippen LogP) is 4.79. The predicted molar refractivity (Wildman–Crippen MR) is 93.7 cm³/mol. The molecule has 8 heteroatoms. The van der Waals surface area contributed by atoms with E-state index in [0.29, 0.717) is 10.6 Å². The van der Waals surface area contributed by atoms with Crippen LogP contribution >= 0.6 is 39.0 Å². The van der Waals surface area contributed by atoms with Crippen LogP contribution in [0.15, 0.2) is 56.6 Å². The molecule has 4 nitrogen and oxygen atoms in total. The van der Waals surface area contributed by atoms with Crippen molar-refractivity contribution in [3.05, 3.63) is 57.2 Å². The number of nitrogens with zero attached hydrogens (tertiary/aromatic N) is 2. The van der Waals surface area contributed by atoms with E-state index in [-0.39, 0.29) is 5.91 Å². The number of aryl methyl sites for hydroxylation is 1. The number of hydrogen-bond donors (Lipinski definition) is 1. The van der Waals surface area contributed by atoms with Gasteiger partial charge in [-0.15, -0.1) is 11.3 Å². The third-order valence-corrected chi connectivity index (χ3v) is 5.98. The number of halogens is 2. The lowest BCUT2D eigenvalue weighted by molar-refractivity contribution is 0.102. The number of aromatic nitrogens is 2. The number of amides is 1. The zero-order valence-corrected chi connectivity index (χ0v) is 15.1. The number of carbonyl (C=O) groups excluding carboxylic acids is 1. The van der Waals surface area contributed by atoms with Gasteiger partial charge in [-0.1, -0.05) is 0 Å². The van der Waals surface area contributed by atoms with Gasteiger partial charge in [-0.25, -0.2) is 9.37 Å². The van der Waals surface area contributed by atoms with Gasteiger partial charge in [0.25, 0.3) is 5.91 Å². The molecule has 0 aliphatic carbocycles. The van der Waals surface area contributed by atoms with Gasteiger partial charge in [0, 0.05) is 28.8 Å². The number of imidazole rings is 1. The number of nitrogens with one attached hydrogen (secondary N) is 1. The molecule has 1 aromatic carbocycles. The molecule has 0 unspecified atom stereocenters. The summed E-state index contributed by atoms with van der Waals surface area (Å²) in [6.45, 7) is 0. The minimum Gasteiger partial charge on any atom is -0.329 e. The topological polar surface area (TPSA) is 46.9 Å². The minimum atomic E-state index is -0.408. The Morgan fingerprint density at radius 1 is 1.43 bits per heavy atom. The highest BCUT2D eigenvalue weighted by atomic mass is 79.9. The SMILES string of the molecule is Cn1ccnc1Sc1ccc(F)cc1NC(=O)c1sccc1Br. The van der Waals surface area contributed by atoms with Crippen molar-refractivity contribution in [3.63, 3.8) is 0 Å². The quantitative estimate of drug-likeness (QED) is 0.671. The Bertz CT molecular complexity index is 862. The summed E-state index contributed by atoms with van der Waals surface area (Å²) < 4.78 is 16.2. The molecule has 0 spiro atoms. The first-order valence-electron chi connectivity index (χ1n) is 6.53.